The number of methoxy groups -OCH3 is 1. The number of carboxylic acid groups (broad SMARTS) is 1. The van der Waals surface area contributed by atoms with E-state index in [-0.39, 0.29) is 32.1 Å². The molecule has 1 N–H and O–H groups in total. The topological polar surface area (TPSA) is 85.3 Å². The van der Waals surface area contributed by atoms with Gasteiger partial charge in [-0.15, -0.1) is 0 Å². The average Bonchev–Trinajstić information content (AvgIpc) is 3.34. The Morgan fingerprint density at radius 3 is 2.23 bits per heavy atom. The molecule has 0 fully saturated rings. The predicted octanol–water partition coefficient (Wildman–Crippen LogP) is 8.24. The minimum atomic E-state index is -0.866. The van der Waals surface area contributed by atoms with E-state index in [0.29, 0.717) is 40.9 Å². The van der Waals surface area contributed by atoms with Gasteiger partial charge in [-0.3, -0.25) is 4.79 Å². The lowest BCUT2D eigenvalue weighted by atomic mass is 9.98. The first kappa shape index (κ1) is 31.2. The highest BCUT2D eigenvalue weighted by Crippen LogP contribution is 2.44. The highest BCUT2D eigenvalue weighted by Gasteiger charge is 2.30. The van der Waals surface area contributed by atoms with Crippen molar-refractivity contribution in [3.05, 3.63) is 117 Å². The average molecular weight is 635 g/mol. The summed E-state index contributed by atoms with van der Waals surface area (Å²) in [7, 11) is 1.55. The van der Waals surface area contributed by atoms with Crippen LogP contribution in [0.1, 0.15) is 41.0 Å². The summed E-state index contributed by atoms with van der Waals surface area (Å²) in [5.41, 5.74) is 6.23. The zero-order chi connectivity index (χ0) is 31.1. The van der Waals surface area contributed by atoms with E-state index in [9.17, 15) is 9.59 Å². The normalized spacial score (nSPS) is 11.9. The van der Waals surface area contributed by atoms with Crippen LogP contribution in [0.2, 0.25) is 10.0 Å². The molecule has 9 heteroatoms. The Hall–Kier alpha value is -4.20. The molecule has 44 heavy (non-hydrogen) atoms. The molecule has 0 heterocycles. The minimum Gasteiger partial charge on any atom is -0.496 e. The number of aliphatic carboxylic acids is 1. The van der Waals surface area contributed by atoms with Crippen molar-refractivity contribution >= 4 is 35.3 Å². The number of fused-ring (bicyclic) bond motifs is 3. The number of carbonyl (C=O) groups is 2. The third-order valence-electron chi connectivity index (χ3n) is 7.68. The summed E-state index contributed by atoms with van der Waals surface area (Å²) in [4.78, 5) is 26.2. The second-order valence-corrected chi connectivity index (χ2v) is 11.4. The fourth-order valence-electron chi connectivity index (χ4n) is 5.46. The Morgan fingerprint density at radius 2 is 1.57 bits per heavy atom. The zero-order valence-electron chi connectivity index (χ0n) is 24.3. The zero-order valence-corrected chi connectivity index (χ0v) is 25.8. The molecule has 0 atom stereocenters. The van der Waals surface area contributed by atoms with Gasteiger partial charge in [0.05, 0.1) is 20.3 Å². The maximum Gasteiger partial charge on any atom is 0.410 e. The van der Waals surface area contributed by atoms with Crippen molar-refractivity contribution in [3.63, 3.8) is 0 Å². The number of carbonyl (C=O) groups excluding carboxylic acids is 1. The summed E-state index contributed by atoms with van der Waals surface area (Å²) in [5, 5.41) is 9.93. The number of hydrogen-bond donors (Lipinski definition) is 1. The molecule has 0 saturated heterocycles. The smallest absolute Gasteiger partial charge is 0.410 e. The molecule has 5 rings (SSSR count). The van der Waals surface area contributed by atoms with Crippen molar-refractivity contribution in [2.75, 3.05) is 26.9 Å². The molecule has 0 unspecified atom stereocenters. The Bertz CT molecular complexity index is 1600. The van der Waals surface area contributed by atoms with Gasteiger partial charge in [0.25, 0.3) is 0 Å². The number of nitrogens with zero attached hydrogens (tertiary/aromatic N) is 1. The first-order valence-electron chi connectivity index (χ1n) is 14.4. The summed E-state index contributed by atoms with van der Waals surface area (Å²) >= 11 is 12.5. The van der Waals surface area contributed by atoms with Crippen LogP contribution in [0.5, 0.6) is 11.5 Å². The molecule has 0 saturated carbocycles. The molecule has 228 valence electrons. The summed E-state index contributed by atoms with van der Waals surface area (Å²) in [6, 6.07) is 27.1. The summed E-state index contributed by atoms with van der Waals surface area (Å²) in [6.45, 7) is 1.03. The van der Waals surface area contributed by atoms with Crippen molar-refractivity contribution in [3.8, 4) is 22.6 Å². The van der Waals surface area contributed by atoms with Gasteiger partial charge in [-0.2, -0.15) is 0 Å². The summed E-state index contributed by atoms with van der Waals surface area (Å²) in [5.74, 6) is 0.166. The minimum absolute atomic E-state index is 0.0297. The van der Waals surface area contributed by atoms with Crippen molar-refractivity contribution in [2.45, 2.75) is 31.7 Å². The molecule has 4 aromatic rings. The molecule has 0 bridgehead atoms. The van der Waals surface area contributed by atoms with Crippen LogP contribution in [0.15, 0.2) is 84.9 Å². The summed E-state index contributed by atoms with van der Waals surface area (Å²) < 4.78 is 17.4. The molecule has 4 aromatic carbocycles. The lowest BCUT2D eigenvalue weighted by Crippen LogP contribution is -2.34. The van der Waals surface area contributed by atoms with E-state index in [4.69, 9.17) is 42.5 Å². The highest BCUT2D eigenvalue weighted by atomic mass is 35.5. The Balaban J connectivity index is 1.33. The fraction of sp³-hybridized carbons (Fsp3) is 0.257. The van der Waals surface area contributed by atoms with Gasteiger partial charge >= 0.3 is 12.1 Å². The van der Waals surface area contributed by atoms with E-state index >= 15 is 0 Å². The fourth-order valence-corrected chi connectivity index (χ4v) is 5.97. The van der Waals surface area contributed by atoms with Gasteiger partial charge in [-0.1, -0.05) is 77.8 Å². The number of halogens is 2. The Morgan fingerprint density at radius 1 is 0.886 bits per heavy atom. The monoisotopic (exact) mass is 633 g/mol. The lowest BCUT2D eigenvalue weighted by Gasteiger charge is -2.25. The molecule has 0 radical (unpaired) electrons. The van der Waals surface area contributed by atoms with Gasteiger partial charge < -0.3 is 24.2 Å². The van der Waals surface area contributed by atoms with Crippen LogP contribution < -0.4 is 9.47 Å². The van der Waals surface area contributed by atoms with Crippen LogP contribution >= 0.6 is 23.2 Å². The Labute approximate surface area is 266 Å². The van der Waals surface area contributed by atoms with Crippen LogP contribution in [0.4, 0.5) is 4.79 Å². The Kier molecular flexibility index (Phi) is 10.3. The first-order chi connectivity index (χ1) is 21.3. The summed E-state index contributed by atoms with van der Waals surface area (Å²) in [6.07, 6.45) is 0.463. The number of carboxylic acids is 1. The van der Waals surface area contributed by atoms with E-state index in [1.54, 1.807) is 36.3 Å². The molecular formula is C35H33Cl2NO6. The van der Waals surface area contributed by atoms with Crippen molar-refractivity contribution < 1.29 is 28.9 Å². The third kappa shape index (κ3) is 7.47. The van der Waals surface area contributed by atoms with Crippen molar-refractivity contribution in [1.82, 2.24) is 4.90 Å². The molecule has 0 spiro atoms. The molecular weight excluding hydrogens is 601 g/mol. The number of benzene rings is 4. The standard InChI is InChI=1S/C35H33Cl2NO6/c1-42-33-20-26(43-18-6-11-34(39)40)15-13-24(33)21-38(17-16-23-12-14-25(36)19-32(23)37)35(41)44-22-31-29-9-4-2-7-27(29)28-8-3-5-10-30(28)31/h2-5,7-10,12-15,19-20,31H,6,11,16-18,21-22H2,1H3,(H,39,40). The molecule has 1 amide bonds. The van der Waals surface area contributed by atoms with Gasteiger partial charge in [-0.05, 0) is 64.9 Å². The largest absolute Gasteiger partial charge is 0.496 e. The maximum atomic E-state index is 13.7. The predicted molar refractivity (Wildman–Crippen MR) is 171 cm³/mol. The van der Waals surface area contributed by atoms with Crippen LogP contribution in [-0.4, -0.2) is 48.9 Å². The molecule has 1 aliphatic rings. The number of amides is 1. The van der Waals surface area contributed by atoms with Crippen molar-refractivity contribution in [2.24, 2.45) is 0 Å². The van der Waals surface area contributed by atoms with Crippen LogP contribution in [0.25, 0.3) is 11.1 Å². The maximum absolute atomic E-state index is 13.7. The molecule has 7 nitrogen and oxygen atoms in total. The quantitative estimate of drug-likeness (QED) is 0.149. The van der Waals surface area contributed by atoms with Crippen LogP contribution in [-0.2, 0) is 22.5 Å². The van der Waals surface area contributed by atoms with E-state index < -0.39 is 12.1 Å². The van der Waals surface area contributed by atoms with Gasteiger partial charge in [0.15, 0.2) is 0 Å². The SMILES string of the molecule is COc1cc(OCCCC(=O)O)ccc1CN(CCc1ccc(Cl)cc1Cl)C(=O)OCC1c2ccccc2-c2ccccc21. The number of hydrogen-bond acceptors (Lipinski definition) is 5. The van der Waals surface area contributed by atoms with E-state index in [0.717, 1.165) is 33.4 Å². The van der Waals surface area contributed by atoms with Crippen molar-refractivity contribution in [1.29, 1.82) is 0 Å². The van der Waals surface area contributed by atoms with Crippen LogP contribution in [0.3, 0.4) is 0 Å². The van der Waals surface area contributed by atoms with Gasteiger partial charge in [0.2, 0.25) is 0 Å². The van der Waals surface area contributed by atoms with E-state index in [1.165, 1.54) is 0 Å². The number of ether oxygens (including phenoxy) is 3. The van der Waals surface area contributed by atoms with E-state index in [2.05, 4.69) is 24.3 Å². The molecule has 0 aromatic heterocycles. The molecule has 1 aliphatic carbocycles. The van der Waals surface area contributed by atoms with Gasteiger partial charge in [0, 0.05) is 40.6 Å². The second kappa shape index (κ2) is 14.5. The van der Waals surface area contributed by atoms with E-state index in [1.807, 2.05) is 36.4 Å². The molecule has 0 aliphatic heterocycles. The first-order valence-corrected chi connectivity index (χ1v) is 15.1. The van der Waals surface area contributed by atoms with Crippen LogP contribution in [0, 0.1) is 0 Å². The number of rotatable bonds is 13. The van der Waals surface area contributed by atoms with Gasteiger partial charge in [0.1, 0.15) is 18.1 Å². The second-order valence-electron chi connectivity index (χ2n) is 10.5. The highest BCUT2D eigenvalue weighted by molar-refractivity contribution is 6.35. The van der Waals surface area contributed by atoms with Gasteiger partial charge in [-0.25, -0.2) is 4.79 Å². The third-order valence-corrected chi connectivity index (χ3v) is 8.27. The lowest BCUT2D eigenvalue weighted by molar-refractivity contribution is -0.137.